The molecule has 1 aliphatic rings. The van der Waals surface area contributed by atoms with Crippen LogP contribution >= 0.6 is 23.2 Å². The molecule has 1 amide bonds. The van der Waals surface area contributed by atoms with Crippen molar-refractivity contribution in [2.45, 2.75) is 12.5 Å². The van der Waals surface area contributed by atoms with Gasteiger partial charge in [-0.05, 0) is 12.5 Å². The fraction of sp³-hybridized carbons (Fsp3) is 0.400. The molecule has 0 spiro atoms. The Labute approximate surface area is 114 Å². The summed E-state index contributed by atoms with van der Waals surface area (Å²) < 4.78 is 22.5. The van der Waals surface area contributed by atoms with Gasteiger partial charge in [-0.2, -0.15) is 0 Å². The molecule has 1 N–H and O–H groups in total. The Morgan fingerprint density at radius 3 is 2.78 bits per heavy atom. The number of amides is 1. The zero-order valence-corrected chi connectivity index (χ0v) is 11.5. The van der Waals surface area contributed by atoms with Gasteiger partial charge in [0, 0.05) is 12.2 Å². The van der Waals surface area contributed by atoms with Crippen molar-refractivity contribution in [2.24, 2.45) is 0 Å². The first-order valence-electron chi connectivity index (χ1n) is 5.20. The van der Waals surface area contributed by atoms with Gasteiger partial charge in [0.25, 0.3) is 5.91 Å². The molecule has 8 heteroatoms. The summed E-state index contributed by atoms with van der Waals surface area (Å²) in [5, 5.41) is 2.96. The Hall–Kier alpha value is -0.850. The molecule has 1 saturated heterocycles. The quantitative estimate of drug-likeness (QED) is 0.836. The molecule has 1 atom stereocenters. The van der Waals surface area contributed by atoms with E-state index in [9.17, 15) is 13.2 Å². The highest BCUT2D eigenvalue weighted by Crippen LogP contribution is 2.19. The summed E-state index contributed by atoms with van der Waals surface area (Å²) >= 11 is 11.5. The summed E-state index contributed by atoms with van der Waals surface area (Å²) in [7, 11) is -3.03. The molecule has 2 heterocycles. The van der Waals surface area contributed by atoms with Gasteiger partial charge < -0.3 is 5.32 Å². The number of nitrogens with one attached hydrogen (secondary N) is 1. The second kappa shape index (κ2) is 5.03. The van der Waals surface area contributed by atoms with Gasteiger partial charge in [0.15, 0.2) is 9.84 Å². The molecule has 0 aliphatic carbocycles. The Morgan fingerprint density at radius 1 is 1.44 bits per heavy atom. The monoisotopic (exact) mass is 308 g/mol. The fourth-order valence-corrected chi connectivity index (χ4v) is 3.78. The summed E-state index contributed by atoms with van der Waals surface area (Å²) in [6.07, 6.45) is 1.70. The average molecular weight is 309 g/mol. The third-order valence-corrected chi connectivity index (χ3v) is 4.91. The van der Waals surface area contributed by atoms with Crippen molar-refractivity contribution in [1.82, 2.24) is 10.3 Å². The zero-order chi connectivity index (χ0) is 13.3. The van der Waals surface area contributed by atoms with E-state index in [1.54, 1.807) is 0 Å². The largest absolute Gasteiger partial charge is 0.348 e. The maximum atomic E-state index is 11.9. The standard InChI is InChI=1S/C10H10Cl2N2O3S/c11-8-4-13-9(12)3-7(8)10(15)14-6-1-2-18(16,17)5-6/h3-4,6H,1-2,5H2,(H,14,15). The molecule has 0 aromatic carbocycles. The second-order valence-corrected chi connectivity index (χ2v) is 7.08. The van der Waals surface area contributed by atoms with Crippen molar-refractivity contribution < 1.29 is 13.2 Å². The van der Waals surface area contributed by atoms with Crippen LogP contribution in [0.15, 0.2) is 12.3 Å². The van der Waals surface area contributed by atoms with Crippen LogP contribution in [0.3, 0.4) is 0 Å². The number of rotatable bonds is 2. The smallest absolute Gasteiger partial charge is 0.253 e. The molecule has 98 valence electrons. The number of sulfone groups is 1. The van der Waals surface area contributed by atoms with Crippen LogP contribution in [0, 0.1) is 0 Å². The van der Waals surface area contributed by atoms with Gasteiger partial charge in [-0.3, -0.25) is 4.79 Å². The third-order valence-electron chi connectivity index (χ3n) is 2.63. The number of hydrogen-bond donors (Lipinski definition) is 1. The lowest BCUT2D eigenvalue weighted by molar-refractivity contribution is 0.0941. The highest BCUT2D eigenvalue weighted by Gasteiger charge is 2.29. The lowest BCUT2D eigenvalue weighted by Gasteiger charge is -2.11. The van der Waals surface area contributed by atoms with Crippen LogP contribution in [0.25, 0.3) is 0 Å². The van der Waals surface area contributed by atoms with Gasteiger partial charge >= 0.3 is 0 Å². The summed E-state index contributed by atoms with van der Waals surface area (Å²) in [5.74, 6) is -0.371. The molecular formula is C10H10Cl2N2O3S. The average Bonchev–Trinajstić information content (AvgIpc) is 2.61. The predicted molar refractivity (Wildman–Crippen MR) is 68.8 cm³/mol. The van der Waals surface area contributed by atoms with E-state index in [-0.39, 0.29) is 33.3 Å². The number of pyridine rings is 1. The Morgan fingerprint density at radius 2 is 2.17 bits per heavy atom. The Kier molecular flexibility index (Phi) is 3.79. The lowest BCUT2D eigenvalue weighted by atomic mass is 10.2. The molecule has 18 heavy (non-hydrogen) atoms. The van der Waals surface area contributed by atoms with Crippen molar-refractivity contribution in [3.05, 3.63) is 28.0 Å². The van der Waals surface area contributed by atoms with Crippen LogP contribution in [-0.2, 0) is 9.84 Å². The van der Waals surface area contributed by atoms with Gasteiger partial charge in [0.2, 0.25) is 0 Å². The van der Waals surface area contributed by atoms with Crippen LogP contribution < -0.4 is 5.32 Å². The highest BCUT2D eigenvalue weighted by molar-refractivity contribution is 7.91. The first kappa shape index (κ1) is 13.6. The van der Waals surface area contributed by atoms with Gasteiger partial charge in [-0.1, -0.05) is 23.2 Å². The van der Waals surface area contributed by atoms with Gasteiger partial charge in [0.1, 0.15) is 5.15 Å². The number of carbonyl (C=O) groups is 1. The third kappa shape index (κ3) is 3.13. The van der Waals surface area contributed by atoms with Crippen molar-refractivity contribution in [3.8, 4) is 0 Å². The number of halogens is 2. The predicted octanol–water partition coefficient (Wildman–Crippen LogP) is 1.31. The molecular weight excluding hydrogens is 299 g/mol. The van der Waals surface area contributed by atoms with E-state index < -0.39 is 15.7 Å². The molecule has 2 rings (SSSR count). The lowest BCUT2D eigenvalue weighted by Crippen LogP contribution is -2.35. The maximum Gasteiger partial charge on any atom is 0.253 e. The molecule has 1 aromatic rings. The second-order valence-electron chi connectivity index (χ2n) is 4.06. The Balaban J connectivity index is 2.11. The summed E-state index contributed by atoms with van der Waals surface area (Å²) in [5.41, 5.74) is 0.195. The maximum absolute atomic E-state index is 11.9. The van der Waals surface area contributed by atoms with E-state index >= 15 is 0 Å². The van der Waals surface area contributed by atoms with Crippen molar-refractivity contribution in [2.75, 3.05) is 11.5 Å². The molecule has 0 saturated carbocycles. The van der Waals surface area contributed by atoms with Gasteiger partial charge in [0.05, 0.1) is 22.1 Å². The van der Waals surface area contributed by atoms with Crippen molar-refractivity contribution in [3.63, 3.8) is 0 Å². The minimum absolute atomic E-state index is 0.0326. The number of nitrogens with zero attached hydrogens (tertiary/aromatic N) is 1. The fourth-order valence-electron chi connectivity index (χ4n) is 1.76. The molecule has 0 bridgehead atoms. The van der Waals surface area contributed by atoms with Crippen molar-refractivity contribution in [1.29, 1.82) is 0 Å². The van der Waals surface area contributed by atoms with E-state index in [4.69, 9.17) is 23.2 Å². The van der Waals surface area contributed by atoms with Crippen LogP contribution in [0.5, 0.6) is 0 Å². The molecule has 1 unspecified atom stereocenters. The van der Waals surface area contributed by atoms with Gasteiger partial charge in [-0.15, -0.1) is 0 Å². The van der Waals surface area contributed by atoms with E-state index in [1.165, 1.54) is 12.3 Å². The number of carbonyl (C=O) groups excluding carboxylic acids is 1. The minimum atomic E-state index is -3.03. The van der Waals surface area contributed by atoms with Crippen LogP contribution in [0.2, 0.25) is 10.2 Å². The number of hydrogen-bond acceptors (Lipinski definition) is 4. The summed E-state index contributed by atoms with van der Waals surface area (Å²) in [6, 6.07) is 0.980. The minimum Gasteiger partial charge on any atom is -0.348 e. The van der Waals surface area contributed by atoms with E-state index in [2.05, 4.69) is 10.3 Å². The SMILES string of the molecule is O=C(NC1CCS(=O)(=O)C1)c1cc(Cl)ncc1Cl. The molecule has 1 aromatic heterocycles. The van der Waals surface area contributed by atoms with Crippen LogP contribution in [0.4, 0.5) is 0 Å². The van der Waals surface area contributed by atoms with E-state index in [0.29, 0.717) is 6.42 Å². The highest BCUT2D eigenvalue weighted by atomic mass is 35.5. The van der Waals surface area contributed by atoms with E-state index in [1.807, 2.05) is 0 Å². The van der Waals surface area contributed by atoms with Crippen molar-refractivity contribution >= 4 is 38.9 Å². The first-order valence-corrected chi connectivity index (χ1v) is 7.77. The first-order chi connectivity index (χ1) is 8.37. The zero-order valence-electron chi connectivity index (χ0n) is 9.19. The molecule has 5 nitrogen and oxygen atoms in total. The Bertz CT molecular complexity index is 589. The molecule has 1 aliphatic heterocycles. The normalized spacial score (nSPS) is 21.8. The van der Waals surface area contributed by atoms with Crippen LogP contribution in [-0.4, -0.2) is 36.9 Å². The molecule has 1 fully saturated rings. The van der Waals surface area contributed by atoms with Crippen LogP contribution in [0.1, 0.15) is 16.8 Å². The van der Waals surface area contributed by atoms with Gasteiger partial charge in [-0.25, -0.2) is 13.4 Å². The van der Waals surface area contributed by atoms with E-state index in [0.717, 1.165) is 0 Å². The summed E-state index contributed by atoms with van der Waals surface area (Å²) in [4.78, 5) is 15.6. The topological polar surface area (TPSA) is 76.1 Å². The molecule has 0 radical (unpaired) electrons. The number of aromatic nitrogens is 1. The summed E-state index contributed by atoms with van der Waals surface area (Å²) in [6.45, 7) is 0.